The van der Waals surface area contributed by atoms with Crippen LogP contribution in [0.1, 0.15) is 41.4 Å². The molecule has 0 spiro atoms. The number of benzene rings is 2. The van der Waals surface area contributed by atoms with E-state index in [0.29, 0.717) is 37.4 Å². The SMILES string of the molecule is CCOC(=O)C1=C(CN2CCN(C(=O)c3ccccc3F)CC2)N(CC)C(=O)NC1c1ccc(C(F)(F)F)cc1. The van der Waals surface area contributed by atoms with Gasteiger partial charge in [0, 0.05) is 45.0 Å². The fraction of sp³-hybridized carbons (Fsp3) is 0.393. The number of alkyl halides is 3. The summed E-state index contributed by atoms with van der Waals surface area (Å²) in [6, 6.07) is 8.53. The van der Waals surface area contributed by atoms with E-state index >= 15 is 0 Å². The number of nitrogens with zero attached hydrogens (tertiary/aromatic N) is 3. The number of hydrogen-bond donors (Lipinski definition) is 1. The second-order valence-corrected chi connectivity index (χ2v) is 9.38. The van der Waals surface area contributed by atoms with Crippen molar-refractivity contribution in [3.8, 4) is 0 Å². The van der Waals surface area contributed by atoms with Crippen molar-refractivity contribution in [3.05, 3.63) is 82.3 Å². The molecular formula is C28H30F4N4O4. The van der Waals surface area contributed by atoms with Gasteiger partial charge in [-0.1, -0.05) is 24.3 Å². The van der Waals surface area contributed by atoms with Crippen LogP contribution in [-0.4, -0.2) is 78.5 Å². The Morgan fingerprint density at radius 3 is 2.23 bits per heavy atom. The van der Waals surface area contributed by atoms with E-state index in [4.69, 9.17) is 4.74 Å². The quantitative estimate of drug-likeness (QED) is 0.404. The van der Waals surface area contributed by atoms with E-state index in [1.54, 1.807) is 24.8 Å². The average molecular weight is 563 g/mol. The largest absolute Gasteiger partial charge is 0.463 e. The third-order valence-corrected chi connectivity index (χ3v) is 6.96. The number of nitrogens with one attached hydrogen (secondary N) is 1. The van der Waals surface area contributed by atoms with Crippen LogP contribution in [0.25, 0.3) is 0 Å². The van der Waals surface area contributed by atoms with Crippen molar-refractivity contribution in [2.75, 3.05) is 45.9 Å². The summed E-state index contributed by atoms with van der Waals surface area (Å²) >= 11 is 0. The molecule has 2 heterocycles. The molecule has 0 aromatic heterocycles. The van der Waals surface area contributed by atoms with Crippen molar-refractivity contribution >= 4 is 17.9 Å². The molecule has 2 aromatic rings. The zero-order valence-corrected chi connectivity index (χ0v) is 22.1. The number of rotatable bonds is 7. The van der Waals surface area contributed by atoms with E-state index in [0.717, 1.165) is 12.1 Å². The van der Waals surface area contributed by atoms with Gasteiger partial charge in [0.2, 0.25) is 0 Å². The minimum Gasteiger partial charge on any atom is -0.463 e. The number of likely N-dealkylation sites (N-methyl/N-ethyl adjacent to an activating group) is 1. The third-order valence-electron chi connectivity index (χ3n) is 6.96. The van der Waals surface area contributed by atoms with Crippen LogP contribution in [0.15, 0.2) is 59.8 Å². The van der Waals surface area contributed by atoms with E-state index in [1.165, 1.54) is 35.2 Å². The normalized spacial score (nSPS) is 18.6. The number of amides is 3. The number of halogens is 4. The predicted molar refractivity (Wildman–Crippen MR) is 137 cm³/mol. The van der Waals surface area contributed by atoms with Crippen LogP contribution in [0.5, 0.6) is 0 Å². The first-order valence-corrected chi connectivity index (χ1v) is 13.0. The van der Waals surface area contributed by atoms with Gasteiger partial charge in [-0.2, -0.15) is 13.2 Å². The van der Waals surface area contributed by atoms with Gasteiger partial charge in [-0.3, -0.25) is 14.6 Å². The summed E-state index contributed by atoms with van der Waals surface area (Å²) in [7, 11) is 0. The van der Waals surface area contributed by atoms with Crippen LogP contribution in [0.3, 0.4) is 0 Å². The van der Waals surface area contributed by atoms with Crippen LogP contribution >= 0.6 is 0 Å². The molecule has 2 aliphatic heterocycles. The van der Waals surface area contributed by atoms with Gasteiger partial charge in [-0.15, -0.1) is 0 Å². The van der Waals surface area contributed by atoms with Gasteiger partial charge in [-0.25, -0.2) is 14.0 Å². The lowest BCUT2D eigenvalue weighted by molar-refractivity contribution is -0.139. The van der Waals surface area contributed by atoms with Gasteiger partial charge in [0.15, 0.2) is 0 Å². The highest BCUT2D eigenvalue weighted by molar-refractivity contribution is 5.95. The second kappa shape index (κ2) is 12.1. The Labute approximate surface area is 229 Å². The fourth-order valence-corrected chi connectivity index (χ4v) is 4.90. The van der Waals surface area contributed by atoms with E-state index in [2.05, 4.69) is 5.32 Å². The first-order chi connectivity index (χ1) is 19.0. The van der Waals surface area contributed by atoms with E-state index in [-0.39, 0.29) is 30.8 Å². The topological polar surface area (TPSA) is 82.2 Å². The van der Waals surface area contributed by atoms with Crippen molar-refractivity contribution in [2.24, 2.45) is 0 Å². The number of piperazine rings is 1. The first-order valence-electron chi connectivity index (χ1n) is 13.0. The summed E-state index contributed by atoms with van der Waals surface area (Å²) in [5.74, 6) is -1.70. The number of carbonyl (C=O) groups excluding carboxylic acids is 3. The molecule has 0 saturated carbocycles. The molecule has 1 unspecified atom stereocenters. The van der Waals surface area contributed by atoms with E-state index < -0.39 is 41.5 Å². The molecule has 2 aromatic carbocycles. The smallest absolute Gasteiger partial charge is 0.416 e. The highest BCUT2D eigenvalue weighted by atomic mass is 19.4. The highest BCUT2D eigenvalue weighted by Crippen LogP contribution is 2.35. The Bertz CT molecular complexity index is 1290. The summed E-state index contributed by atoms with van der Waals surface area (Å²) in [5.41, 5.74) is -0.0450. The van der Waals surface area contributed by atoms with E-state index in [9.17, 15) is 31.9 Å². The summed E-state index contributed by atoms with van der Waals surface area (Å²) < 4.78 is 58.8. The number of urea groups is 1. The molecule has 0 aliphatic carbocycles. The molecule has 4 rings (SSSR count). The molecule has 0 bridgehead atoms. The van der Waals surface area contributed by atoms with Gasteiger partial charge >= 0.3 is 18.2 Å². The summed E-state index contributed by atoms with van der Waals surface area (Å²) in [4.78, 5) is 44.0. The molecule has 1 fully saturated rings. The predicted octanol–water partition coefficient (Wildman–Crippen LogP) is 4.21. The number of hydrogen-bond acceptors (Lipinski definition) is 5. The lowest BCUT2D eigenvalue weighted by atomic mass is 9.93. The minimum atomic E-state index is -4.53. The molecule has 214 valence electrons. The maximum atomic E-state index is 14.1. The maximum absolute atomic E-state index is 14.1. The Hall–Kier alpha value is -3.93. The molecule has 2 aliphatic rings. The Morgan fingerprint density at radius 2 is 1.65 bits per heavy atom. The Morgan fingerprint density at radius 1 is 1.00 bits per heavy atom. The number of esters is 1. The lowest BCUT2D eigenvalue weighted by Crippen LogP contribution is -2.53. The highest BCUT2D eigenvalue weighted by Gasteiger charge is 2.39. The lowest BCUT2D eigenvalue weighted by Gasteiger charge is -2.40. The number of ether oxygens (including phenoxy) is 1. The molecule has 1 saturated heterocycles. The third kappa shape index (κ3) is 6.11. The zero-order chi connectivity index (χ0) is 29.0. The Balaban J connectivity index is 1.61. The van der Waals surface area contributed by atoms with Crippen LogP contribution in [-0.2, 0) is 15.7 Å². The first kappa shape index (κ1) is 29.1. The Kier molecular flexibility index (Phi) is 8.77. The van der Waals surface area contributed by atoms with Crippen LogP contribution in [0, 0.1) is 5.82 Å². The monoisotopic (exact) mass is 562 g/mol. The molecular weight excluding hydrogens is 532 g/mol. The van der Waals surface area contributed by atoms with Crippen molar-refractivity contribution in [2.45, 2.75) is 26.1 Å². The molecule has 8 nitrogen and oxygen atoms in total. The molecule has 3 amide bonds. The van der Waals surface area contributed by atoms with Crippen molar-refractivity contribution in [3.63, 3.8) is 0 Å². The van der Waals surface area contributed by atoms with Gasteiger partial charge in [0.05, 0.1) is 29.3 Å². The minimum absolute atomic E-state index is 0.0104. The summed E-state index contributed by atoms with van der Waals surface area (Å²) in [6.45, 7) is 5.22. The van der Waals surface area contributed by atoms with Crippen LogP contribution in [0.2, 0.25) is 0 Å². The zero-order valence-electron chi connectivity index (χ0n) is 22.1. The molecule has 12 heteroatoms. The van der Waals surface area contributed by atoms with Gasteiger partial charge in [0.1, 0.15) is 5.82 Å². The van der Waals surface area contributed by atoms with Gasteiger partial charge in [-0.05, 0) is 43.7 Å². The fourth-order valence-electron chi connectivity index (χ4n) is 4.90. The van der Waals surface area contributed by atoms with Crippen molar-refractivity contribution in [1.29, 1.82) is 0 Å². The van der Waals surface area contributed by atoms with E-state index in [1.807, 2.05) is 4.90 Å². The summed E-state index contributed by atoms with van der Waals surface area (Å²) in [6.07, 6.45) is -4.53. The second-order valence-electron chi connectivity index (χ2n) is 9.38. The standard InChI is InChI=1S/C28H30F4N4O4/c1-3-36-22(17-34-13-15-35(16-14-34)25(37)20-7-5-6-8-21(20)29)23(26(38)40-4-2)24(33-27(36)39)18-9-11-19(12-10-18)28(30,31)32/h5-12,24H,3-4,13-17H2,1-2H3,(H,33,39). The molecule has 1 N–H and O–H groups in total. The van der Waals surface area contributed by atoms with Crippen molar-refractivity contribution < 1.29 is 36.7 Å². The molecule has 40 heavy (non-hydrogen) atoms. The van der Waals surface area contributed by atoms with Crippen molar-refractivity contribution in [1.82, 2.24) is 20.0 Å². The van der Waals surface area contributed by atoms with Gasteiger partial charge < -0.3 is 15.0 Å². The van der Waals surface area contributed by atoms with Crippen LogP contribution < -0.4 is 5.32 Å². The average Bonchev–Trinajstić information content (AvgIpc) is 2.93. The van der Waals surface area contributed by atoms with Crippen LogP contribution in [0.4, 0.5) is 22.4 Å². The molecule has 0 radical (unpaired) electrons. The van der Waals surface area contributed by atoms with Gasteiger partial charge in [0.25, 0.3) is 5.91 Å². The number of carbonyl (C=O) groups is 3. The summed E-state index contributed by atoms with van der Waals surface area (Å²) in [5, 5.41) is 2.73. The molecule has 1 atom stereocenters. The maximum Gasteiger partial charge on any atom is 0.416 e.